The SMILES string of the molecule is CCCCN(CCO)C(=O)c1ccc(C(N)=S)cn1. The summed E-state index contributed by atoms with van der Waals surface area (Å²) < 4.78 is 0. The highest BCUT2D eigenvalue weighted by Gasteiger charge is 2.16. The van der Waals surface area contributed by atoms with Gasteiger partial charge in [-0.1, -0.05) is 25.6 Å². The van der Waals surface area contributed by atoms with E-state index in [-0.39, 0.29) is 17.5 Å². The zero-order valence-corrected chi connectivity index (χ0v) is 11.8. The molecule has 0 saturated carbocycles. The van der Waals surface area contributed by atoms with Crippen LogP contribution in [0.4, 0.5) is 0 Å². The molecule has 6 heteroatoms. The Labute approximate surface area is 118 Å². The van der Waals surface area contributed by atoms with Crippen LogP contribution in [0.2, 0.25) is 0 Å². The lowest BCUT2D eigenvalue weighted by Gasteiger charge is -2.21. The van der Waals surface area contributed by atoms with Gasteiger partial charge in [0.15, 0.2) is 0 Å². The highest BCUT2D eigenvalue weighted by molar-refractivity contribution is 7.80. The number of nitrogens with two attached hydrogens (primary N) is 1. The molecule has 1 aromatic rings. The fraction of sp³-hybridized carbons (Fsp3) is 0.462. The van der Waals surface area contributed by atoms with Crippen molar-refractivity contribution in [1.29, 1.82) is 0 Å². The summed E-state index contributed by atoms with van der Waals surface area (Å²) in [5.41, 5.74) is 6.45. The number of aliphatic hydroxyl groups excluding tert-OH is 1. The second kappa shape index (κ2) is 7.81. The van der Waals surface area contributed by atoms with Crippen LogP contribution in [0, 0.1) is 0 Å². The number of carbonyl (C=O) groups excluding carboxylic acids is 1. The molecule has 0 unspecified atom stereocenters. The van der Waals surface area contributed by atoms with Gasteiger partial charge in [-0.25, -0.2) is 0 Å². The Hall–Kier alpha value is -1.53. The van der Waals surface area contributed by atoms with E-state index < -0.39 is 0 Å². The summed E-state index contributed by atoms with van der Waals surface area (Å²) in [7, 11) is 0. The highest BCUT2D eigenvalue weighted by Crippen LogP contribution is 2.06. The summed E-state index contributed by atoms with van der Waals surface area (Å²) in [5, 5.41) is 9.00. The first-order valence-electron chi connectivity index (χ1n) is 6.26. The third-order valence-electron chi connectivity index (χ3n) is 2.71. The molecule has 0 aromatic carbocycles. The van der Waals surface area contributed by atoms with E-state index >= 15 is 0 Å². The number of nitrogens with zero attached hydrogens (tertiary/aromatic N) is 2. The number of carbonyl (C=O) groups is 1. The summed E-state index contributed by atoms with van der Waals surface area (Å²) in [5.74, 6) is -0.183. The molecular formula is C13H19N3O2S. The Morgan fingerprint density at radius 1 is 1.47 bits per heavy atom. The average molecular weight is 281 g/mol. The van der Waals surface area contributed by atoms with Crippen molar-refractivity contribution >= 4 is 23.1 Å². The van der Waals surface area contributed by atoms with Crippen LogP contribution in [0.3, 0.4) is 0 Å². The largest absolute Gasteiger partial charge is 0.395 e. The Balaban J connectivity index is 2.80. The van der Waals surface area contributed by atoms with Crippen molar-refractivity contribution < 1.29 is 9.90 Å². The third kappa shape index (κ3) is 4.57. The van der Waals surface area contributed by atoms with E-state index in [9.17, 15) is 4.79 Å². The fourth-order valence-corrected chi connectivity index (χ4v) is 1.73. The molecule has 5 nitrogen and oxygen atoms in total. The normalized spacial score (nSPS) is 10.2. The van der Waals surface area contributed by atoms with E-state index in [2.05, 4.69) is 11.9 Å². The minimum atomic E-state index is -0.183. The highest BCUT2D eigenvalue weighted by atomic mass is 32.1. The van der Waals surface area contributed by atoms with Crippen molar-refractivity contribution in [3.63, 3.8) is 0 Å². The molecule has 1 rings (SSSR count). The molecule has 104 valence electrons. The van der Waals surface area contributed by atoms with Crippen LogP contribution < -0.4 is 5.73 Å². The standard InChI is InChI=1S/C13H19N3O2S/c1-2-3-6-16(7-8-17)13(18)11-5-4-10(9-15-11)12(14)19/h4-5,9,17H,2-3,6-8H2,1H3,(H2,14,19). The summed E-state index contributed by atoms with van der Waals surface area (Å²) in [6.07, 6.45) is 3.38. The van der Waals surface area contributed by atoms with Gasteiger partial charge >= 0.3 is 0 Å². The van der Waals surface area contributed by atoms with E-state index in [1.807, 2.05) is 0 Å². The number of amides is 1. The van der Waals surface area contributed by atoms with Gasteiger partial charge in [0.2, 0.25) is 0 Å². The summed E-state index contributed by atoms with van der Waals surface area (Å²) in [6.45, 7) is 2.93. The molecule has 1 aromatic heterocycles. The lowest BCUT2D eigenvalue weighted by atomic mass is 10.2. The molecule has 0 aliphatic carbocycles. The topological polar surface area (TPSA) is 79.5 Å². The molecule has 0 spiro atoms. The van der Waals surface area contributed by atoms with Gasteiger partial charge in [-0.15, -0.1) is 0 Å². The van der Waals surface area contributed by atoms with Crippen molar-refractivity contribution in [2.75, 3.05) is 19.7 Å². The number of aromatic nitrogens is 1. The molecule has 0 bridgehead atoms. The van der Waals surface area contributed by atoms with Gasteiger partial charge in [-0.05, 0) is 18.6 Å². The number of rotatable bonds is 7. The van der Waals surface area contributed by atoms with Crippen molar-refractivity contribution in [2.45, 2.75) is 19.8 Å². The van der Waals surface area contributed by atoms with Crippen LogP contribution in [0.1, 0.15) is 35.8 Å². The van der Waals surface area contributed by atoms with Crippen LogP contribution in [-0.2, 0) is 0 Å². The Kier molecular flexibility index (Phi) is 6.38. The van der Waals surface area contributed by atoms with Crippen molar-refractivity contribution in [3.8, 4) is 0 Å². The zero-order valence-electron chi connectivity index (χ0n) is 11.0. The first kappa shape index (κ1) is 15.5. The van der Waals surface area contributed by atoms with Crippen LogP contribution in [-0.4, -0.2) is 45.6 Å². The van der Waals surface area contributed by atoms with Crippen molar-refractivity contribution in [1.82, 2.24) is 9.88 Å². The maximum absolute atomic E-state index is 12.2. The molecule has 0 aliphatic heterocycles. The fourth-order valence-electron chi connectivity index (χ4n) is 1.61. The Bertz CT molecular complexity index is 434. The number of aliphatic hydroxyl groups is 1. The van der Waals surface area contributed by atoms with Gasteiger partial charge in [-0.2, -0.15) is 0 Å². The number of unbranched alkanes of at least 4 members (excludes halogenated alkanes) is 1. The average Bonchev–Trinajstić information content (AvgIpc) is 2.42. The first-order valence-corrected chi connectivity index (χ1v) is 6.67. The summed E-state index contributed by atoms with van der Waals surface area (Å²) >= 11 is 4.83. The monoisotopic (exact) mass is 281 g/mol. The van der Waals surface area contributed by atoms with E-state index in [1.54, 1.807) is 17.0 Å². The summed E-state index contributed by atoms with van der Waals surface area (Å²) in [6, 6.07) is 3.28. The molecule has 1 amide bonds. The van der Waals surface area contributed by atoms with Crippen molar-refractivity contribution in [2.24, 2.45) is 5.73 Å². The van der Waals surface area contributed by atoms with Gasteiger partial charge < -0.3 is 15.7 Å². The second-order valence-corrected chi connectivity index (χ2v) is 4.61. The van der Waals surface area contributed by atoms with E-state index in [0.29, 0.717) is 24.3 Å². The van der Waals surface area contributed by atoms with Gasteiger partial charge in [0.05, 0.1) is 6.61 Å². The molecule has 0 fully saturated rings. The number of hydrogen-bond acceptors (Lipinski definition) is 4. The molecule has 3 N–H and O–H groups in total. The number of pyridine rings is 1. The first-order chi connectivity index (χ1) is 9.10. The van der Waals surface area contributed by atoms with E-state index in [1.165, 1.54) is 6.20 Å². The third-order valence-corrected chi connectivity index (χ3v) is 2.94. The molecular weight excluding hydrogens is 262 g/mol. The zero-order chi connectivity index (χ0) is 14.3. The molecule has 0 saturated heterocycles. The maximum atomic E-state index is 12.2. The van der Waals surface area contributed by atoms with E-state index in [0.717, 1.165) is 12.8 Å². The second-order valence-electron chi connectivity index (χ2n) is 4.17. The van der Waals surface area contributed by atoms with Gasteiger partial charge in [0, 0.05) is 24.8 Å². The minimum absolute atomic E-state index is 0.0551. The molecule has 1 heterocycles. The van der Waals surface area contributed by atoms with Crippen LogP contribution >= 0.6 is 12.2 Å². The molecule has 0 atom stereocenters. The molecule has 0 radical (unpaired) electrons. The van der Waals surface area contributed by atoms with Gasteiger partial charge in [0.25, 0.3) is 5.91 Å². The predicted molar refractivity (Wildman–Crippen MR) is 78.0 cm³/mol. The van der Waals surface area contributed by atoms with Crippen LogP contribution in [0.25, 0.3) is 0 Å². The maximum Gasteiger partial charge on any atom is 0.272 e. The van der Waals surface area contributed by atoms with Gasteiger partial charge in [0.1, 0.15) is 10.7 Å². The van der Waals surface area contributed by atoms with E-state index in [4.69, 9.17) is 23.1 Å². The molecule has 19 heavy (non-hydrogen) atoms. The molecule has 0 aliphatic rings. The smallest absolute Gasteiger partial charge is 0.272 e. The minimum Gasteiger partial charge on any atom is -0.395 e. The predicted octanol–water partition coefficient (Wildman–Crippen LogP) is 0.950. The van der Waals surface area contributed by atoms with Crippen LogP contribution in [0.15, 0.2) is 18.3 Å². The van der Waals surface area contributed by atoms with Crippen molar-refractivity contribution in [3.05, 3.63) is 29.6 Å². The summed E-state index contributed by atoms with van der Waals surface area (Å²) in [4.78, 5) is 18.1. The lowest BCUT2D eigenvalue weighted by molar-refractivity contribution is 0.0713. The quantitative estimate of drug-likeness (QED) is 0.727. The van der Waals surface area contributed by atoms with Gasteiger partial charge in [-0.3, -0.25) is 9.78 Å². The number of thiocarbonyl (C=S) groups is 1. The Morgan fingerprint density at radius 2 is 2.21 bits per heavy atom. The Morgan fingerprint density at radius 3 is 2.68 bits per heavy atom. The van der Waals surface area contributed by atoms with Crippen LogP contribution in [0.5, 0.6) is 0 Å². The lowest BCUT2D eigenvalue weighted by Crippen LogP contribution is -2.35. The number of hydrogen-bond donors (Lipinski definition) is 2.